The maximum absolute atomic E-state index is 11.8. The summed E-state index contributed by atoms with van der Waals surface area (Å²) in [6, 6.07) is 0. The molecular formula is C12H24O2S. The van der Waals surface area contributed by atoms with Crippen LogP contribution in [-0.4, -0.2) is 19.9 Å². The van der Waals surface area contributed by atoms with E-state index in [9.17, 15) is 8.42 Å². The third-order valence-electron chi connectivity index (χ3n) is 3.68. The Kier molecular flexibility index (Phi) is 3.54. The summed E-state index contributed by atoms with van der Waals surface area (Å²) in [4.78, 5) is 0. The molecule has 2 nitrogen and oxygen atoms in total. The van der Waals surface area contributed by atoms with E-state index in [1.807, 2.05) is 0 Å². The van der Waals surface area contributed by atoms with Crippen molar-refractivity contribution in [3.63, 3.8) is 0 Å². The van der Waals surface area contributed by atoms with Crippen molar-refractivity contribution in [1.82, 2.24) is 0 Å². The van der Waals surface area contributed by atoms with E-state index in [2.05, 4.69) is 34.6 Å². The third kappa shape index (κ3) is 3.47. The Bertz CT molecular complexity index is 309. The second-order valence-electron chi connectivity index (χ2n) is 6.38. The molecule has 1 rings (SSSR count). The molecule has 1 aliphatic rings. The van der Waals surface area contributed by atoms with E-state index in [-0.39, 0.29) is 5.41 Å². The molecule has 2 atom stereocenters. The van der Waals surface area contributed by atoms with Gasteiger partial charge in [-0.3, -0.25) is 0 Å². The summed E-state index contributed by atoms with van der Waals surface area (Å²) < 4.78 is 23.6. The van der Waals surface area contributed by atoms with E-state index in [0.717, 1.165) is 6.42 Å². The van der Waals surface area contributed by atoms with Gasteiger partial charge in [0.15, 0.2) is 9.84 Å². The Labute approximate surface area is 94.4 Å². The molecule has 0 radical (unpaired) electrons. The van der Waals surface area contributed by atoms with E-state index in [1.54, 1.807) is 0 Å². The lowest BCUT2D eigenvalue weighted by molar-refractivity contribution is 0.192. The van der Waals surface area contributed by atoms with Gasteiger partial charge in [-0.05, 0) is 29.6 Å². The van der Waals surface area contributed by atoms with Gasteiger partial charge in [-0.25, -0.2) is 8.42 Å². The minimum Gasteiger partial charge on any atom is -0.229 e. The second-order valence-corrected chi connectivity index (χ2v) is 8.53. The minimum atomic E-state index is -2.81. The van der Waals surface area contributed by atoms with Crippen molar-refractivity contribution in [2.24, 2.45) is 23.2 Å². The lowest BCUT2D eigenvalue weighted by Gasteiger charge is -2.38. The largest absolute Gasteiger partial charge is 0.229 e. The lowest BCUT2D eigenvalue weighted by Crippen LogP contribution is -2.39. The van der Waals surface area contributed by atoms with Crippen molar-refractivity contribution in [2.75, 3.05) is 11.5 Å². The van der Waals surface area contributed by atoms with Crippen molar-refractivity contribution in [2.45, 2.75) is 41.0 Å². The van der Waals surface area contributed by atoms with Gasteiger partial charge in [0.25, 0.3) is 0 Å². The standard InChI is InChI=1S/C12H24O2S/c1-9(2)10-6-11(12(3,4)5)8-15(13,14)7-10/h9-11H,6-8H2,1-5H3. The molecule has 90 valence electrons. The Hall–Kier alpha value is -0.0500. The first-order valence-corrected chi connectivity index (χ1v) is 7.64. The van der Waals surface area contributed by atoms with E-state index in [0.29, 0.717) is 29.3 Å². The van der Waals surface area contributed by atoms with Crippen LogP contribution in [-0.2, 0) is 9.84 Å². The van der Waals surface area contributed by atoms with Gasteiger partial charge in [0, 0.05) is 0 Å². The molecule has 0 aromatic heterocycles. The quantitative estimate of drug-likeness (QED) is 0.696. The normalized spacial score (nSPS) is 31.9. The highest BCUT2D eigenvalue weighted by atomic mass is 32.2. The molecule has 1 saturated heterocycles. The monoisotopic (exact) mass is 232 g/mol. The van der Waals surface area contributed by atoms with Gasteiger partial charge in [0.1, 0.15) is 0 Å². The van der Waals surface area contributed by atoms with Crippen LogP contribution in [0.25, 0.3) is 0 Å². The third-order valence-corrected chi connectivity index (χ3v) is 5.52. The SMILES string of the molecule is CC(C)C1CC(C(C)(C)C)CS(=O)(=O)C1. The van der Waals surface area contributed by atoms with Crippen LogP contribution < -0.4 is 0 Å². The topological polar surface area (TPSA) is 34.1 Å². The number of hydrogen-bond donors (Lipinski definition) is 0. The molecular weight excluding hydrogens is 208 g/mol. The van der Waals surface area contributed by atoms with Gasteiger partial charge in [0.05, 0.1) is 11.5 Å². The number of sulfone groups is 1. The number of hydrogen-bond acceptors (Lipinski definition) is 2. The molecule has 0 aromatic rings. The van der Waals surface area contributed by atoms with E-state index in [4.69, 9.17) is 0 Å². The fourth-order valence-electron chi connectivity index (χ4n) is 2.27. The highest BCUT2D eigenvalue weighted by Gasteiger charge is 2.38. The van der Waals surface area contributed by atoms with Crippen molar-refractivity contribution >= 4 is 9.84 Å². The molecule has 0 saturated carbocycles. The first-order valence-electron chi connectivity index (χ1n) is 5.82. The van der Waals surface area contributed by atoms with E-state index < -0.39 is 9.84 Å². The van der Waals surface area contributed by atoms with E-state index in [1.165, 1.54) is 0 Å². The van der Waals surface area contributed by atoms with Crippen LogP contribution in [0.5, 0.6) is 0 Å². The van der Waals surface area contributed by atoms with Crippen molar-refractivity contribution in [3.05, 3.63) is 0 Å². The van der Waals surface area contributed by atoms with Gasteiger partial charge in [-0.15, -0.1) is 0 Å². The fourth-order valence-corrected chi connectivity index (χ4v) is 4.83. The zero-order valence-corrected chi connectivity index (χ0v) is 11.4. The highest BCUT2D eigenvalue weighted by Crippen LogP contribution is 2.38. The predicted molar refractivity (Wildman–Crippen MR) is 64.5 cm³/mol. The van der Waals surface area contributed by atoms with Crippen LogP contribution in [0.4, 0.5) is 0 Å². The van der Waals surface area contributed by atoms with Crippen LogP contribution in [0.1, 0.15) is 41.0 Å². The summed E-state index contributed by atoms with van der Waals surface area (Å²) >= 11 is 0. The molecule has 0 aliphatic carbocycles. The van der Waals surface area contributed by atoms with Crippen molar-refractivity contribution in [3.8, 4) is 0 Å². The van der Waals surface area contributed by atoms with Crippen LogP contribution in [0.15, 0.2) is 0 Å². The number of rotatable bonds is 1. The van der Waals surface area contributed by atoms with Crippen LogP contribution in [0.2, 0.25) is 0 Å². The molecule has 1 heterocycles. The highest BCUT2D eigenvalue weighted by molar-refractivity contribution is 7.91. The minimum absolute atomic E-state index is 0.112. The molecule has 0 spiro atoms. The van der Waals surface area contributed by atoms with Gasteiger partial charge in [-0.2, -0.15) is 0 Å². The van der Waals surface area contributed by atoms with Gasteiger partial charge in [-0.1, -0.05) is 34.6 Å². The first-order chi connectivity index (χ1) is 6.62. The Morgan fingerprint density at radius 3 is 2.07 bits per heavy atom. The summed E-state index contributed by atoms with van der Waals surface area (Å²) in [6.07, 6.45) is 1.07. The molecule has 3 heteroatoms. The zero-order valence-electron chi connectivity index (χ0n) is 10.6. The van der Waals surface area contributed by atoms with Crippen LogP contribution in [0, 0.1) is 23.2 Å². The fraction of sp³-hybridized carbons (Fsp3) is 1.00. The average Bonchev–Trinajstić information content (AvgIpc) is 1.99. The summed E-state index contributed by atoms with van der Waals surface area (Å²) in [7, 11) is -2.81. The van der Waals surface area contributed by atoms with Gasteiger partial charge >= 0.3 is 0 Å². The molecule has 0 aromatic carbocycles. The van der Waals surface area contributed by atoms with Gasteiger partial charge < -0.3 is 0 Å². The van der Waals surface area contributed by atoms with Crippen molar-refractivity contribution < 1.29 is 8.42 Å². The smallest absolute Gasteiger partial charge is 0.150 e. The molecule has 15 heavy (non-hydrogen) atoms. The molecule has 2 unspecified atom stereocenters. The lowest BCUT2D eigenvalue weighted by atomic mass is 9.75. The molecule has 0 amide bonds. The Balaban J connectivity index is 2.87. The molecule has 1 fully saturated rings. The summed E-state index contributed by atoms with van der Waals surface area (Å²) in [6.45, 7) is 10.7. The molecule has 0 N–H and O–H groups in total. The predicted octanol–water partition coefficient (Wildman–Crippen LogP) is 2.74. The Morgan fingerprint density at radius 2 is 1.67 bits per heavy atom. The van der Waals surface area contributed by atoms with Gasteiger partial charge in [0.2, 0.25) is 0 Å². The maximum Gasteiger partial charge on any atom is 0.150 e. The average molecular weight is 232 g/mol. The maximum atomic E-state index is 11.8. The zero-order chi connectivity index (χ0) is 11.9. The first kappa shape index (κ1) is 13.0. The van der Waals surface area contributed by atoms with Crippen molar-refractivity contribution in [1.29, 1.82) is 0 Å². The van der Waals surface area contributed by atoms with Crippen LogP contribution in [0.3, 0.4) is 0 Å². The van der Waals surface area contributed by atoms with Crippen LogP contribution >= 0.6 is 0 Å². The summed E-state index contributed by atoms with van der Waals surface area (Å²) in [5.41, 5.74) is 0.112. The molecule has 0 bridgehead atoms. The second kappa shape index (κ2) is 4.08. The molecule has 1 aliphatic heterocycles. The summed E-state index contributed by atoms with van der Waals surface area (Å²) in [5, 5.41) is 0. The van der Waals surface area contributed by atoms with E-state index >= 15 is 0 Å². The Morgan fingerprint density at radius 1 is 1.13 bits per heavy atom. The summed E-state index contributed by atoms with van der Waals surface area (Å²) in [5.74, 6) is 1.94.